The van der Waals surface area contributed by atoms with E-state index in [9.17, 15) is 14.7 Å². The highest BCUT2D eigenvalue weighted by molar-refractivity contribution is 6.09. The number of benzene rings is 2. The van der Waals surface area contributed by atoms with Crippen LogP contribution in [-0.2, 0) is 20.9 Å². The van der Waals surface area contributed by atoms with E-state index in [1.54, 1.807) is 31.4 Å². The summed E-state index contributed by atoms with van der Waals surface area (Å²) in [4.78, 5) is 25.9. The minimum absolute atomic E-state index is 0.00735. The Hall–Kier alpha value is -3.04. The molecule has 210 valence electrons. The standard InChI is InChI=1S/C31H39NO7/c1-37-25-14-12-24(13-15-25)31(36)23-10-8-22(9-11-23)21-39-28-20-27(33)30(32-16-18-38-19-17-32)26(28)6-4-2-3-5-7-29(34)35/h2,4,8-15,26-28,30,33H,3,5-7,16-21H2,1H3,(H,34,35)/t26-,27+,28-,30+/m0/s1. The largest absolute Gasteiger partial charge is 0.497 e. The van der Waals surface area contributed by atoms with Crippen LogP contribution in [0.15, 0.2) is 60.7 Å². The van der Waals surface area contributed by atoms with Crippen LogP contribution in [0.5, 0.6) is 5.75 Å². The molecule has 1 saturated carbocycles. The van der Waals surface area contributed by atoms with E-state index in [4.69, 9.17) is 19.3 Å². The first-order chi connectivity index (χ1) is 19.0. The molecule has 0 spiro atoms. The number of ketones is 1. The van der Waals surface area contributed by atoms with Crippen molar-refractivity contribution in [2.45, 2.75) is 57.0 Å². The maximum atomic E-state index is 12.8. The second-order valence-electron chi connectivity index (χ2n) is 10.2. The zero-order chi connectivity index (χ0) is 27.6. The second kappa shape index (κ2) is 14.4. The topological polar surface area (TPSA) is 106 Å². The molecule has 8 heteroatoms. The lowest BCUT2D eigenvalue weighted by atomic mass is 9.94. The van der Waals surface area contributed by atoms with Crippen molar-refractivity contribution in [2.24, 2.45) is 5.92 Å². The fraction of sp³-hybridized carbons (Fsp3) is 0.484. The lowest BCUT2D eigenvalue weighted by Crippen LogP contribution is -2.50. The third kappa shape index (κ3) is 7.99. The minimum atomic E-state index is -0.777. The van der Waals surface area contributed by atoms with Crippen LogP contribution in [0, 0.1) is 5.92 Å². The average molecular weight is 538 g/mol. The monoisotopic (exact) mass is 537 g/mol. The number of morpholine rings is 1. The maximum Gasteiger partial charge on any atom is 0.303 e. The molecule has 1 heterocycles. The quantitative estimate of drug-likeness (QED) is 0.224. The van der Waals surface area contributed by atoms with E-state index >= 15 is 0 Å². The molecule has 8 nitrogen and oxygen atoms in total. The van der Waals surface area contributed by atoms with Crippen molar-refractivity contribution < 1.29 is 34.0 Å². The van der Waals surface area contributed by atoms with E-state index in [0.717, 1.165) is 31.5 Å². The van der Waals surface area contributed by atoms with E-state index in [1.807, 2.05) is 30.3 Å². The molecule has 2 aromatic carbocycles. The average Bonchev–Trinajstić information content (AvgIpc) is 3.28. The van der Waals surface area contributed by atoms with Crippen LogP contribution in [0.4, 0.5) is 0 Å². The van der Waals surface area contributed by atoms with Crippen molar-refractivity contribution in [3.05, 3.63) is 77.4 Å². The van der Waals surface area contributed by atoms with Gasteiger partial charge in [-0.15, -0.1) is 0 Å². The number of carbonyl (C=O) groups excluding carboxylic acids is 1. The highest BCUT2D eigenvalue weighted by Gasteiger charge is 2.45. The Morgan fingerprint density at radius 2 is 1.69 bits per heavy atom. The number of carboxylic acids is 1. The molecule has 2 aromatic rings. The van der Waals surface area contributed by atoms with Gasteiger partial charge in [-0.25, -0.2) is 0 Å². The highest BCUT2D eigenvalue weighted by atomic mass is 16.5. The molecular formula is C31H39NO7. The lowest BCUT2D eigenvalue weighted by Gasteiger charge is -2.37. The summed E-state index contributed by atoms with van der Waals surface area (Å²) in [6, 6.07) is 14.5. The second-order valence-corrected chi connectivity index (χ2v) is 10.2. The molecule has 2 aliphatic rings. The van der Waals surface area contributed by atoms with Crippen LogP contribution < -0.4 is 4.74 Å². The van der Waals surface area contributed by atoms with E-state index < -0.39 is 12.1 Å². The Bertz CT molecular complexity index is 1090. The summed E-state index contributed by atoms with van der Waals surface area (Å²) in [6.07, 6.45) is 6.37. The molecule has 1 aliphatic carbocycles. The molecule has 4 atom stereocenters. The van der Waals surface area contributed by atoms with E-state index in [1.165, 1.54) is 0 Å². The first-order valence-corrected chi connectivity index (χ1v) is 13.7. The molecule has 0 bridgehead atoms. The summed E-state index contributed by atoms with van der Waals surface area (Å²) in [5, 5.41) is 19.9. The van der Waals surface area contributed by atoms with Gasteiger partial charge in [-0.05, 0) is 49.1 Å². The number of aliphatic carboxylic acids is 1. The van der Waals surface area contributed by atoms with Gasteiger partial charge in [-0.3, -0.25) is 14.5 Å². The predicted octanol–water partition coefficient (Wildman–Crippen LogP) is 4.09. The summed E-state index contributed by atoms with van der Waals surface area (Å²) >= 11 is 0. The number of ether oxygens (including phenoxy) is 3. The van der Waals surface area contributed by atoms with Crippen LogP contribution in [0.2, 0.25) is 0 Å². The molecule has 0 unspecified atom stereocenters. The van der Waals surface area contributed by atoms with Gasteiger partial charge in [0.25, 0.3) is 0 Å². The van der Waals surface area contributed by atoms with Crippen molar-refractivity contribution in [1.29, 1.82) is 0 Å². The number of hydrogen-bond donors (Lipinski definition) is 2. The third-order valence-corrected chi connectivity index (χ3v) is 7.62. The number of allylic oxidation sites excluding steroid dienone is 2. The fourth-order valence-electron chi connectivity index (χ4n) is 5.54. The number of hydrogen-bond acceptors (Lipinski definition) is 7. The number of carbonyl (C=O) groups is 2. The van der Waals surface area contributed by atoms with Crippen molar-refractivity contribution in [2.75, 3.05) is 33.4 Å². The summed E-state index contributed by atoms with van der Waals surface area (Å²) in [5.41, 5.74) is 2.18. The first-order valence-electron chi connectivity index (χ1n) is 13.7. The highest BCUT2D eigenvalue weighted by Crippen LogP contribution is 2.36. The summed E-state index contributed by atoms with van der Waals surface area (Å²) in [6.45, 7) is 3.29. The Balaban J connectivity index is 1.37. The van der Waals surface area contributed by atoms with Gasteiger partial charge in [0.2, 0.25) is 0 Å². The number of aliphatic hydroxyl groups is 1. The Morgan fingerprint density at radius 1 is 1.03 bits per heavy atom. The van der Waals surface area contributed by atoms with Crippen LogP contribution in [-0.4, -0.2) is 78.5 Å². The predicted molar refractivity (Wildman–Crippen MR) is 147 cm³/mol. The lowest BCUT2D eigenvalue weighted by molar-refractivity contribution is -0.137. The van der Waals surface area contributed by atoms with Crippen molar-refractivity contribution >= 4 is 11.8 Å². The molecule has 2 fully saturated rings. The van der Waals surface area contributed by atoms with Gasteiger partial charge in [0.05, 0.1) is 39.1 Å². The fourth-order valence-corrected chi connectivity index (χ4v) is 5.54. The van der Waals surface area contributed by atoms with Gasteiger partial charge in [-0.2, -0.15) is 0 Å². The smallest absolute Gasteiger partial charge is 0.303 e. The van der Waals surface area contributed by atoms with E-state index in [-0.39, 0.29) is 30.3 Å². The normalized spacial score (nSPS) is 23.7. The molecule has 1 saturated heterocycles. The van der Waals surface area contributed by atoms with Crippen LogP contribution in [0.25, 0.3) is 0 Å². The number of aliphatic hydroxyl groups excluding tert-OH is 1. The third-order valence-electron chi connectivity index (χ3n) is 7.62. The Morgan fingerprint density at radius 3 is 2.33 bits per heavy atom. The van der Waals surface area contributed by atoms with Gasteiger partial charge in [-0.1, -0.05) is 36.4 Å². The SMILES string of the molecule is COc1ccc(C(=O)c2ccc(CO[C@H]3C[C@@H](O)[C@H](N4CCOCC4)[C@H]3CC=CCCCC(=O)O)cc2)cc1. The van der Waals surface area contributed by atoms with Crippen LogP contribution >= 0.6 is 0 Å². The van der Waals surface area contributed by atoms with Crippen molar-refractivity contribution in [3.63, 3.8) is 0 Å². The molecule has 0 amide bonds. The van der Waals surface area contributed by atoms with E-state index in [2.05, 4.69) is 11.0 Å². The van der Waals surface area contributed by atoms with Gasteiger partial charge < -0.3 is 24.4 Å². The Kier molecular flexibility index (Phi) is 10.7. The molecule has 1 aliphatic heterocycles. The van der Waals surface area contributed by atoms with Crippen LogP contribution in [0.3, 0.4) is 0 Å². The minimum Gasteiger partial charge on any atom is -0.497 e. The molecule has 0 radical (unpaired) electrons. The molecule has 39 heavy (non-hydrogen) atoms. The summed E-state index contributed by atoms with van der Waals surface area (Å²) in [7, 11) is 1.59. The summed E-state index contributed by atoms with van der Waals surface area (Å²) < 4.78 is 17.1. The molecule has 2 N–H and O–H groups in total. The molecule has 4 rings (SSSR count). The summed E-state index contributed by atoms with van der Waals surface area (Å²) in [5.74, 6) is -0.00227. The van der Waals surface area contributed by atoms with E-state index in [0.29, 0.717) is 49.5 Å². The number of rotatable bonds is 13. The van der Waals surface area contributed by atoms with Gasteiger partial charge in [0, 0.05) is 49.0 Å². The van der Waals surface area contributed by atoms with Crippen LogP contribution in [0.1, 0.15) is 53.6 Å². The van der Waals surface area contributed by atoms with Gasteiger partial charge in [0.1, 0.15) is 5.75 Å². The van der Waals surface area contributed by atoms with Crippen molar-refractivity contribution in [3.8, 4) is 5.75 Å². The number of nitrogens with zero attached hydrogens (tertiary/aromatic N) is 1. The van der Waals surface area contributed by atoms with Crippen molar-refractivity contribution in [1.82, 2.24) is 4.90 Å². The number of unbranched alkanes of at least 4 members (excludes halogenated alkanes) is 1. The number of carboxylic acid groups (broad SMARTS) is 1. The first kappa shape index (κ1) is 29.0. The van der Waals surface area contributed by atoms with Gasteiger partial charge >= 0.3 is 5.97 Å². The zero-order valence-electron chi connectivity index (χ0n) is 22.5. The molecule has 0 aromatic heterocycles. The van der Waals surface area contributed by atoms with Gasteiger partial charge in [0.15, 0.2) is 5.78 Å². The number of methoxy groups -OCH3 is 1. The molecular weight excluding hydrogens is 498 g/mol. The zero-order valence-corrected chi connectivity index (χ0v) is 22.5. The Labute approximate surface area is 230 Å². The maximum absolute atomic E-state index is 12.8.